The minimum atomic E-state index is -0.915. The number of rotatable bonds is 8. The minimum absolute atomic E-state index is 0.0459. The van der Waals surface area contributed by atoms with E-state index in [-0.39, 0.29) is 11.3 Å². The van der Waals surface area contributed by atoms with Gasteiger partial charge >= 0.3 is 0 Å². The van der Waals surface area contributed by atoms with Crippen molar-refractivity contribution in [3.8, 4) is 11.4 Å². The monoisotopic (exact) mass is 504 g/mol. The average molecular weight is 505 g/mol. The number of benzene rings is 2. The summed E-state index contributed by atoms with van der Waals surface area (Å²) >= 11 is 0. The van der Waals surface area contributed by atoms with E-state index in [4.69, 9.17) is 5.73 Å². The molecule has 7 heteroatoms. The number of aromatic nitrogens is 2. The van der Waals surface area contributed by atoms with Gasteiger partial charge in [0.25, 0.3) is 0 Å². The molecule has 0 radical (unpaired) electrons. The second-order valence-corrected chi connectivity index (χ2v) is 8.27. The fourth-order valence-electron chi connectivity index (χ4n) is 3.36. The van der Waals surface area contributed by atoms with Crippen molar-refractivity contribution in [2.45, 2.75) is 47.0 Å². The van der Waals surface area contributed by atoms with Gasteiger partial charge in [-0.15, -0.1) is 0 Å². The molecule has 3 rings (SSSR count). The van der Waals surface area contributed by atoms with Crippen molar-refractivity contribution >= 4 is 17.2 Å². The topological polar surface area (TPSA) is 81.2 Å². The van der Waals surface area contributed by atoms with E-state index in [0.29, 0.717) is 17.7 Å². The predicted octanol–water partition coefficient (Wildman–Crippen LogP) is 6.64. The van der Waals surface area contributed by atoms with Gasteiger partial charge < -0.3 is 5.73 Å². The lowest BCUT2D eigenvalue weighted by atomic mass is 10.1. The van der Waals surface area contributed by atoms with Gasteiger partial charge in [0.1, 0.15) is 0 Å². The van der Waals surface area contributed by atoms with Crippen LogP contribution in [0.2, 0.25) is 0 Å². The summed E-state index contributed by atoms with van der Waals surface area (Å²) in [6.07, 6.45) is 10.7. The number of aryl methyl sites for hydroxylation is 2. The molecular weight excluding hydrogens is 470 g/mol. The Morgan fingerprint density at radius 2 is 1.73 bits per heavy atom. The van der Waals surface area contributed by atoms with Crippen LogP contribution in [0.25, 0.3) is 17.1 Å². The Labute approximate surface area is 217 Å². The molecule has 0 atom stereocenters. The molecule has 1 heterocycles. The Morgan fingerprint density at radius 1 is 1.03 bits per heavy atom. The van der Waals surface area contributed by atoms with Gasteiger partial charge in [-0.1, -0.05) is 45.0 Å². The van der Waals surface area contributed by atoms with E-state index in [1.165, 1.54) is 37.8 Å². The highest BCUT2D eigenvalue weighted by atomic mass is 19.2. The third kappa shape index (κ3) is 8.56. The zero-order valence-electron chi connectivity index (χ0n) is 22.1. The predicted molar refractivity (Wildman–Crippen MR) is 147 cm³/mol. The second-order valence-electron chi connectivity index (χ2n) is 8.27. The number of nitrogens with two attached hydrogens (primary N) is 1. The number of nitrogens with zero attached hydrogens (tertiary/aromatic N) is 3. The molecule has 0 unspecified atom stereocenters. The lowest BCUT2D eigenvalue weighted by Gasteiger charge is -2.04. The maximum atomic E-state index is 13.3. The molecule has 194 valence electrons. The molecular formula is C30H34F2N4O. The molecule has 0 aliphatic heterocycles. The van der Waals surface area contributed by atoms with Gasteiger partial charge in [0, 0.05) is 48.2 Å². The van der Waals surface area contributed by atoms with Crippen LogP contribution in [0.5, 0.6) is 0 Å². The first-order valence-corrected chi connectivity index (χ1v) is 12.2. The molecule has 2 aromatic carbocycles. The molecule has 1 aromatic heterocycles. The van der Waals surface area contributed by atoms with Gasteiger partial charge in [-0.05, 0) is 61.2 Å². The first-order valence-electron chi connectivity index (χ1n) is 12.2. The Kier molecular flexibility index (Phi) is 11.5. The second kappa shape index (κ2) is 14.5. The van der Waals surface area contributed by atoms with Crippen LogP contribution >= 0.6 is 0 Å². The van der Waals surface area contributed by atoms with Gasteiger partial charge in [-0.2, -0.15) is 0 Å². The van der Waals surface area contributed by atoms with E-state index < -0.39 is 11.6 Å². The maximum Gasteiger partial charge on any atom is 0.161 e. The number of ketones is 1. The van der Waals surface area contributed by atoms with Crippen LogP contribution in [-0.4, -0.2) is 28.5 Å². The van der Waals surface area contributed by atoms with E-state index >= 15 is 0 Å². The zero-order valence-corrected chi connectivity index (χ0v) is 22.1. The first kappa shape index (κ1) is 29.2. The molecule has 37 heavy (non-hydrogen) atoms. The Balaban J connectivity index is 0.000000261. The van der Waals surface area contributed by atoms with Crippen LogP contribution in [0.15, 0.2) is 72.0 Å². The third-order valence-corrected chi connectivity index (χ3v) is 5.52. The summed E-state index contributed by atoms with van der Waals surface area (Å²) in [7, 11) is 1.53. The molecule has 3 aromatic rings. The van der Waals surface area contributed by atoms with Crippen LogP contribution in [0.3, 0.4) is 0 Å². The van der Waals surface area contributed by atoms with Crippen molar-refractivity contribution in [1.82, 2.24) is 9.97 Å². The summed E-state index contributed by atoms with van der Waals surface area (Å²) in [5, 5.41) is 0. The van der Waals surface area contributed by atoms with Crippen LogP contribution in [0, 0.1) is 18.6 Å². The van der Waals surface area contributed by atoms with Crippen LogP contribution < -0.4 is 5.73 Å². The molecule has 0 aliphatic rings. The molecule has 0 aliphatic carbocycles. The number of aliphatic imine (C=N–C) groups is 1. The average Bonchev–Trinajstić information content (AvgIpc) is 2.92. The Morgan fingerprint density at radius 3 is 2.30 bits per heavy atom. The van der Waals surface area contributed by atoms with Crippen molar-refractivity contribution in [3.05, 3.63) is 101 Å². The van der Waals surface area contributed by atoms with E-state index in [0.717, 1.165) is 41.6 Å². The maximum absolute atomic E-state index is 13.3. The minimum Gasteiger partial charge on any atom is -0.398 e. The first-order chi connectivity index (χ1) is 17.7. The van der Waals surface area contributed by atoms with Gasteiger partial charge in [0.2, 0.25) is 0 Å². The SMILES string of the molecule is CCC(=O)/C=C\C(=NC)c1cc(C)c(F)c(F)c1.CCC=C(N)c1cnc(-c2cccc(CC)c2)nc1. The molecule has 0 saturated carbocycles. The van der Waals surface area contributed by atoms with Crippen LogP contribution in [0.4, 0.5) is 8.78 Å². The fourth-order valence-corrected chi connectivity index (χ4v) is 3.36. The Bertz CT molecular complexity index is 1270. The molecule has 2 N–H and O–H groups in total. The van der Waals surface area contributed by atoms with Crippen LogP contribution in [-0.2, 0) is 11.2 Å². The number of carbonyl (C=O) groups is 1. The molecule has 0 amide bonds. The molecule has 0 saturated heterocycles. The number of allylic oxidation sites excluding steroid dienone is 3. The van der Waals surface area contributed by atoms with Crippen molar-refractivity contribution in [2.75, 3.05) is 7.05 Å². The molecule has 0 bridgehead atoms. The van der Waals surface area contributed by atoms with E-state index in [9.17, 15) is 13.6 Å². The van der Waals surface area contributed by atoms with Gasteiger partial charge in [-0.25, -0.2) is 18.7 Å². The fraction of sp³-hybridized carbons (Fsp3) is 0.267. The van der Waals surface area contributed by atoms with E-state index in [1.54, 1.807) is 19.3 Å². The quantitative estimate of drug-likeness (QED) is 0.275. The van der Waals surface area contributed by atoms with Gasteiger partial charge in [0.15, 0.2) is 23.2 Å². The molecule has 0 fully saturated rings. The molecule has 5 nitrogen and oxygen atoms in total. The number of carbonyl (C=O) groups excluding carboxylic acids is 1. The Hall–Kier alpha value is -4.00. The third-order valence-electron chi connectivity index (χ3n) is 5.52. The normalized spacial score (nSPS) is 11.9. The highest BCUT2D eigenvalue weighted by molar-refractivity contribution is 6.11. The number of halogens is 2. The molecule has 0 spiro atoms. The van der Waals surface area contributed by atoms with E-state index in [2.05, 4.69) is 40.9 Å². The summed E-state index contributed by atoms with van der Waals surface area (Å²) in [6, 6.07) is 10.9. The number of hydrogen-bond donors (Lipinski definition) is 1. The number of hydrogen-bond acceptors (Lipinski definition) is 5. The lowest BCUT2D eigenvalue weighted by molar-refractivity contribution is -0.114. The van der Waals surface area contributed by atoms with Crippen molar-refractivity contribution < 1.29 is 13.6 Å². The summed E-state index contributed by atoms with van der Waals surface area (Å²) in [5.74, 6) is -1.08. The van der Waals surface area contributed by atoms with Crippen molar-refractivity contribution in [2.24, 2.45) is 10.7 Å². The summed E-state index contributed by atoms with van der Waals surface area (Å²) in [6.45, 7) is 7.42. The summed E-state index contributed by atoms with van der Waals surface area (Å²) in [4.78, 5) is 23.9. The van der Waals surface area contributed by atoms with Gasteiger partial charge in [-0.3, -0.25) is 9.79 Å². The van der Waals surface area contributed by atoms with Crippen LogP contribution in [0.1, 0.15) is 55.9 Å². The highest BCUT2D eigenvalue weighted by Gasteiger charge is 2.10. The smallest absolute Gasteiger partial charge is 0.161 e. The zero-order chi connectivity index (χ0) is 27.4. The lowest BCUT2D eigenvalue weighted by Crippen LogP contribution is -2.02. The summed E-state index contributed by atoms with van der Waals surface area (Å²) < 4.78 is 26.4. The van der Waals surface area contributed by atoms with Crippen molar-refractivity contribution in [3.63, 3.8) is 0 Å². The standard InChI is InChI=1S/C16H19N3.C14H15F2NO/c1-3-6-15(17)14-10-18-16(19-11-14)13-8-5-7-12(4-2)9-13;1-4-11(18)5-6-13(17-3)10-7-9(2)14(16)12(15)8-10/h5-11H,3-4,17H2,1-2H3;5-8H,4H2,1-3H3/b;6-5-,17-13?. The summed E-state index contributed by atoms with van der Waals surface area (Å²) in [5.41, 5.74) is 11.0. The largest absolute Gasteiger partial charge is 0.398 e. The van der Waals surface area contributed by atoms with E-state index in [1.807, 2.05) is 18.2 Å². The van der Waals surface area contributed by atoms with Crippen molar-refractivity contribution in [1.29, 1.82) is 0 Å². The highest BCUT2D eigenvalue weighted by Crippen LogP contribution is 2.18. The van der Waals surface area contributed by atoms with Gasteiger partial charge in [0.05, 0.1) is 5.71 Å².